The van der Waals surface area contributed by atoms with Crippen LogP contribution in [0.4, 0.5) is 0 Å². The molecule has 4 nitrogen and oxygen atoms in total. The van der Waals surface area contributed by atoms with Gasteiger partial charge in [-0.2, -0.15) is 16.9 Å². The predicted molar refractivity (Wildman–Crippen MR) is 65.4 cm³/mol. The van der Waals surface area contributed by atoms with Crippen molar-refractivity contribution in [3.05, 3.63) is 18.0 Å². The first-order valence-corrected chi connectivity index (χ1v) is 6.31. The highest BCUT2D eigenvalue weighted by atomic mass is 32.2. The molecular formula is C10H20N4S. The van der Waals surface area contributed by atoms with Gasteiger partial charge in [-0.15, -0.1) is 0 Å². The number of aromatic nitrogens is 2. The maximum atomic E-state index is 5.53. The molecule has 1 unspecified atom stereocenters. The molecule has 0 fully saturated rings. The Balaban J connectivity index is 2.42. The fraction of sp³-hybridized carbons (Fsp3) is 0.700. The zero-order chi connectivity index (χ0) is 11.3. The predicted octanol–water partition coefficient (Wildman–Crippen LogP) is 1.31. The molecule has 0 radical (unpaired) electrons. The third-order valence-corrected chi connectivity index (χ3v) is 3.54. The van der Waals surface area contributed by atoms with Crippen molar-refractivity contribution < 1.29 is 0 Å². The van der Waals surface area contributed by atoms with Gasteiger partial charge in [0.2, 0.25) is 0 Å². The Morgan fingerprint density at radius 3 is 2.73 bits per heavy atom. The molecule has 3 N–H and O–H groups in total. The lowest BCUT2D eigenvalue weighted by atomic mass is 10.2. The van der Waals surface area contributed by atoms with Crippen LogP contribution in [0.1, 0.15) is 25.5 Å². The van der Waals surface area contributed by atoms with E-state index in [2.05, 4.69) is 24.4 Å². The maximum Gasteiger partial charge on any atom is 0.0581 e. The Morgan fingerprint density at radius 1 is 1.53 bits per heavy atom. The summed E-state index contributed by atoms with van der Waals surface area (Å²) in [4.78, 5) is 0. The Hall–Kier alpha value is -0.520. The van der Waals surface area contributed by atoms with Crippen LogP contribution >= 0.6 is 11.8 Å². The zero-order valence-corrected chi connectivity index (χ0v) is 10.4. The van der Waals surface area contributed by atoms with Gasteiger partial charge in [0.1, 0.15) is 0 Å². The van der Waals surface area contributed by atoms with E-state index in [9.17, 15) is 0 Å². The van der Waals surface area contributed by atoms with E-state index in [0.717, 1.165) is 17.2 Å². The summed E-state index contributed by atoms with van der Waals surface area (Å²) in [6.07, 6.45) is 3.86. The van der Waals surface area contributed by atoms with Gasteiger partial charge >= 0.3 is 0 Å². The van der Waals surface area contributed by atoms with Crippen molar-refractivity contribution in [2.45, 2.75) is 19.9 Å². The lowest BCUT2D eigenvalue weighted by molar-refractivity contribution is 0.608. The molecule has 5 heteroatoms. The molecule has 1 heterocycles. The van der Waals surface area contributed by atoms with E-state index >= 15 is 0 Å². The Labute approximate surface area is 95.6 Å². The third kappa shape index (κ3) is 4.24. The maximum absolute atomic E-state index is 5.53. The van der Waals surface area contributed by atoms with Crippen LogP contribution in [0.5, 0.6) is 0 Å². The van der Waals surface area contributed by atoms with Crippen LogP contribution in [0.2, 0.25) is 0 Å². The molecule has 15 heavy (non-hydrogen) atoms. The molecular weight excluding hydrogens is 208 g/mol. The summed E-state index contributed by atoms with van der Waals surface area (Å²) >= 11 is 1.92. The number of nitrogens with one attached hydrogen (secondary N) is 1. The SMILES string of the molecule is CC(C)CSCC(NN)c1cnn(C)c1. The number of nitrogens with zero attached hydrogens (tertiary/aromatic N) is 2. The van der Waals surface area contributed by atoms with Gasteiger partial charge in [0.05, 0.1) is 12.2 Å². The van der Waals surface area contributed by atoms with Crippen LogP contribution in [0.25, 0.3) is 0 Å². The van der Waals surface area contributed by atoms with E-state index in [-0.39, 0.29) is 6.04 Å². The fourth-order valence-electron chi connectivity index (χ4n) is 1.28. The monoisotopic (exact) mass is 228 g/mol. The number of nitrogens with two attached hydrogens (primary N) is 1. The molecule has 0 amide bonds. The van der Waals surface area contributed by atoms with E-state index in [1.165, 1.54) is 5.75 Å². The standard InChI is InChI=1S/C10H20N4S/c1-8(2)6-15-7-10(13-11)9-4-12-14(3)5-9/h4-5,8,10,13H,6-7,11H2,1-3H3. The Bertz CT molecular complexity index is 285. The van der Waals surface area contributed by atoms with E-state index in [0.29, 0.717) is 0 Å². The lowest BCUT2D eigenvalue weighted by Crippen LogP contribution is -2.29. The normalized spacial score (nSPS) is 13.4. The quantitative estimate of drug-likeness (QED) is 0.569. The molecule has 1 aromatic heterocycles. The van der Waals surface area contributed by atoms with E-state index in [1.807, 2.05) is 31.2 Å². The van der Waals surface area contributed by atoms with Gasteiger partial charge in [0.25, 0.3) is 0 Å². The number of aryl methyl sites for hydroxylation is 1. The van der Waals surface area contributed by atoms with Crippen molar-refractivity contribution in [2.24, 2.45) is 18.8 Å². The van der Waals surface area contributed by atoms with Crippen LogP contribution in [0.3, 0.4) is 0 Å². The first-order valence-electron chi connectivity index (χ1n) is 5.16. The van der Waals surface area contributed by atoms with Crippen LogP contribution in [-0.2, 0) is 7.05 Å². The molecule has 0 bridgehead atoms. The average Bonchev–Trinajstić information content (AvgIpc) is 2.59. The Kier molecular flexibility index (Phi) is 5.14. The van der Waals surface area contributed by atoms with Gasteiger partial charge < -0.3 is 0 Å². The topological polar surface area (TPSA) is 55.9 Å². The average molecular weight is 228 g/mol. The minimum absolute atomic E-state index is 0.197. The van der Waals surface area contributed by atoms with Gasteiger partial charge in [0, 0.05) is 24.6 Å². The summed E-state index contributed by atoms with van der Waals surface area (Å²) in [5, 5.41) is 4.14. The highest BCUT2D eigenvalue weighted by Crippen LogP contribution is 2.18. The molecule has 0 saturated heterocycles. The summed E-state index contributed by atoms with van der Waals surface area (Å²) in [6.45, 7) is 4.45. The molecule has 1 atom stereocenters. The second-order valence-corrected chi connectivity index (χ2v) is 5.17. The number of thioether (sulfide) groups is 1. The van der Waals surface area contributed by atoms with Crippen molar-refractivity contribution in [3.8, 4) is 0 Å². The van der Waals surface area contributed by atoms with Crippen molar-refractivity contribution in [2.75, 3.05) is 11.5 Å². The zero-order valence-electron chi connectivity index (χ0n) is 9.60. The molecule has 0 aliphatic carbocycles. The number of rotatable bonds is 6. The lowest BCUT2D eigenvalue weighted by Gasteiger charge is -2.14. The third-order valence-electron chi connectivity index (χ3n) is 2.06. The summed E-state index contributed by atoms with van der Waals surface area (Å²) < 4.78 is 1.80. The van der Waals surface area contributed by atoms with Gasteiger partial charge in [-0.05, 0) is 11.7 Å². The van der Waals surface area contributed by atoms with Crippen LogP contribution < -0.4 is 11.3 Å². The molecule has 1 rings (SSSR count). The van der Waals surface area contributed by atoms with Crippen molar-refractivity contribution in [1.82, 2.24) is 15.2 Å². The van der Waals surface area contributed by atoms with Crippen LogP contribution in [0.15, 0.2) is 12.4 Å². The first-order chi connectivity index (χ1) is 7.13. The molecule has 0 aromatic carbocycles. The highest BCUT2D eigenvalue weighted by Gasteiger charge is 2.11. The van der Waals surface area contributed by atoms with Crippen molar-refractivity contribution in [3.63, 3.8) is 0 Å². The second-order valence-electron chi connectivity index (χ2n) is 4.10. The summed E-state index contributed by atoms with van der Waals surface area (Å²) in [6, 6.07) is 0.197. The van der Waals surface area contributed by atoms with E-state index in [4.69, 9.17) is 5.84 Å². The molecule has 0 aliphatic rings. The highest BCUT2D eigenvalue weighted by molar-refractivity contribution is 7.99. The Morgan fingerprint density at radius 2 is 2.27 bits per heavy atom. The van der Waals surface area contributed by atoms with E-state index < -0.39 is 0 Å². The smallest absolute Gasteiger partial charge is 0.0581 e. The second kappa shape index (κ2) is 6.15. The van der Waals surface area contributed by atoms with Crippen LogP contribution in [0, 0.1) is 5.92 Å². The van der Waals surface area contributed by atoms with Crippen molar-refractivity contribution in [1.29, 1.82) is 0 Å². The molecule has 1 aromatic rings. The van der Waals surface area contributed by atoms with E-state index in [1.54, 1.807) is 4.68 Å². The van der Waals surface area contributed by atoms with Gasteiger partial charge in [0.15, 0.2) is 0 Å². The summed E-state index contributed by atoms with van der Waals surface area (Å²) in [7, 11) is 1.92. The molecule has 86 valence electrons. The molecule has 0 aliphatic heterocycles. The summed E-state index contributed by atoms with van der Waals surface area (Å²) in [5.41, 5.74) is 3.98. The number of hydrogen-bond donors (Lipinski definition) is 2. The summed E-state index contributed by atoms with van der Waals surface area (Å²) in [5.74, 6) is 8.41. The minimum Gasteiger partial charge on any atom is -0.275 e. The van der Waals surface area contributed by atoms with Crippen LogP contribution in [-0.4, -0.2) is 21.3 Å². The van der Waals surface area contributed by atoms with Gasteiger partial charge in [-0.25, -0.2) is 0 Å². The minimum atomic E-state index is 0.197. The van der Waals surface area contributed by atoms with Crippen molar-refractivity contribution >= 4 is 11.8 Å². The number of hydrogen-bond acceptors (Lipinski definition) is 4. The van der Waals surface area contributed by atoms with Gasteiger partial charge in [-0.1, -0.05) is 13.8 Å². The largest absolute Gasteiger partial charge is 0.275 e. The number of hydrazine groups is 1. The molecule has 0 saturated carbocycles. The fourth-order valence-corrected chi connectivity index (χ4v) is 2.41. The molecule has 0 spiro atoms. The first kappa shape index (κ1) is 12.5. The van der Waals surface area contributed by atoms with Gasteiger partial charge in [-0.3, -0.25) is 16.0 Å².